The number of aromatic nitrogens is 1. The van der Waals surface area contributed by atoms with Gasteiger partial charge in [0.25, 0.3) is 5.91 Å². The Morgan fingerprint density at radius 1 is 1.47 bits per heavy atom. The summed E-state index contributed by atoms with van der Waals surface area (Å²) in [6.07, 6.45) is 3.01. The first-order valence-electron chi connectivity index (χ1n) is 5.12. The fourth-order valence-corrected chi connectivity index (χ4v) is 1.51. The zero-order chi connectivity index (χ0) is 12.3. The van der Waals surface area contributed by atoms with Gasteiger partial charge in [-0.2, -0.15) is 0 Å². The van der Waals surface area contributed by atoms with E-state index in [-0.39, 0.29) is 11.9 Å². The van der Waals surface area contributed by atoms with Crippen LogP contribution in [-0.4, -0.2) is 10.9 Å². The number of hydrogen-bond acceptors (Lipinski definition) is 3. The monoisotopic (exact) mass is 250 g/mol. The summed E-state index contributed by atoms with van der Waals surface area (Å²) < 4.78 is 5.20. The number of rotatable bonds is 3. The Hall–Kier alpha value is -1.81. The third-order valence-electron chi connectivity index (χ3n) is 2.31. The maximum atomic E-state index is 11.8. The summed E-state index contributed by atoms with van der Waals surface area (Å²) in [7, 11) is 0. The number of nitrogens with one attached hydrogen (secondary N) is 1. The lowest BCUT2D eigenvalue weighted by molar-refractivity contribution is 0.0935. The van der Waals surface area contributed by atoms with Crippen LogP contribution < -0.4 is 5.32 Å². The average Bonchev–Trinajstić information content (AvgIpc) is 2.83. The summed E-state index contributed by atoms with van der Waals surface area (Å²) in [5.41, 5.74) is 0.466. The van der Waals surface area contributed by atoms with Crippen LogP contribution in [0.3, 0.4) is 0 Å². The van der Waals surface area contributed by atoms with Crippen molar-refractivity contribution >= 4 is 17.5 Å². The molecule has 2 heterocycles. The van der Waals surface area contributed by atoms with Gasteiger partial charge >= 0.3 is 0 Å². The highest BCUT2D eigenvalue weighted by Crippen LogP contribution is 2.13. The van der Waals surface area contributed by atoms with E-state index in [0.29, 0.717) is 16.5 Å². The zero-order valence-electron chi connectivity index (χ0n) is 9.18. The van der Waals surface area contributed by atoms with Crippen LogP contribution in [0.15, 0.2) is 41.1 Å². The summed E-state index contributed by atoms with van der Waals surface area (Å²) in [5, 5.41) is 3.16. The van der Waals surface area contributed by atoms with Gasteiger partial charge in [-0.25, -0.2) is 4.98 Å². The molecule has 0 aliphatic heterocycles. The van der Waals surface area contributed by atoms with Crippen molar-refractivity contribution in [2.24, 2.45) is 0 Å². The first kappa shape index (κ1) is 11.7. The lowest BCUT2D eigenvalue weighted by atomic mass is 10.2. The third kappa shape index (κ3) is 2.85. The van der Waals surface area contributed by atoms with E-state index in [1.165, 1.54) is 6.20 Å². The molecule has 1 N–H and O–H groups in total. The van der Waals surface area contributed by atoms with E-state index in [1.54, 1.807) is 24.5 Å². The van der Waals surface area contributed by atoms with Crippen LogP contribution in [0.2, 0.25) is 5.15 Å². The van der Waals surface area contributed by atoms with Gasteiger partial charge in [-0.3, -0.25) is 4.79 Å². The number of carbonyl (C=O) groups is 1. The van der Waals surface area contributed by atoms with E-state index in [9.17, 15) is 4.79 Å². The Balaban J connectivity index is 2.04. The maximum absolute atomic E-state index is 11.8. The van der Waals surface area contributed by atoms with Crippen LogP contribution in [0.5, 0.6) is 0 Å². The van der Waals surface area contributed by atoms with Gasteiger partial charge in [0.1, 0.15) is 10.9 Å². The highest BCUT2D eigenvalue weighted by atomic mass is 35.5. The Bertz CT molecular complexity index is 494. The van der Waals surface area contributed by atoms with Crippen molar-refractivity contribution in [3.8, 4) is 0 Å². The maximum Gasteiger partial charge on any atom is 0.253 e. The Morgan fingerprint density at radius 3 is 2.88 bits per heavy atom. The Kier molecular flexibility index (Phi) is 3.44. The van der Waals surface area contributed by atoms with Crippen molar-refractivity contribution in [1.82, 2.24) is 10.3 Å². The number of nitrogens with zero attached hydrogens (tertiary/aromatic N) is 1. The van der Waals surface area contributed by atoms with E-state index in [2.05, 4.69) is 10.3 Å². The number of hydrogen-bond donors (Lipinski definition) is 1. The second-order valence-corrected chi connectivity index (χ2v) is 3.97. The second-order valence-electron chi connectivity index (χ2n) is 3.58. The van der Waals surface area contributed by atoms with Crippen LogP contribution in [0.25, 0.3) is 0 Å². The number of amides is 1. The molecule has 0 radical (unpaired) electrons. The van der Waals surface area contributed by atoms with Crippen LogP contribution >= 0.6 is 11.6 Å². The van der Waals surface area contributed by atoms with Gasteiger partial charge in [0.2, 0.25) is 0 Å². The van der Waals surface area contributed by atoms with Gasteiger partial charge in [-0.1, -0.05) is 11.6 Å². The van der Waals surface area contributed by atoms with Gasteiger partial charge < -0.3 is 9.73 Å². The normalized spacial score (nSPS) is 12.1. The second kappa shape index (κ2) is 5.01. The summed E-state index contributed by atoms with van der Waals surface area (Å²) in [6, 6.07) is 6.61. The first-order valence-corrected chi connectivity index (χ1v) is 5.50. The van der Waals surface area contributed by atoms with Crippen molar-refractivity contribution in [2.75, 3.05) is 0 Å². The standard InChI is InChI=1S/C12H11ClN2O2/c1-8(10-3-2-6-17-10)15-12(16)9-4-5-11(13)14-7-9/h2-8H,1H3,(H,15,16)/t8-/m0/s1. The zero-order valence-corrected chi connectivity index (χ0v) is 9.94. The molecule has 0 saturated carbocycles. The predicted octanol–water partition coefficient (Wildman–Crippen LogP) is 2.82. The molecule has 0 aliphatic rings. The molecule has 1 atom stereocenters. The molecule has 0 unspecified atom stereocenters. The molecule has 88 valence electrons. The lowest BCUT2D eigenvalue weighted by Gasteiger charge is -2.11. The number of carbonyl (C=O) groups excluding carboxylic acids is 1. The molecule has 0 fully saturated rings. The van der Waals surface area contributed by atoms with Gasteiger partial charge in [-0.05, 0) is 31.2 Å². The summed E-state index contributed by atoms with van der Waals surface area (Å²) >= 11 is 5.65. The van der Waals surface area contributed by atoms with Gasteiger partial charge in [-0.15, -0.1) is 0 Å². The van der Waals surface area contributed by atoms with E-state index in [4.69, 9.17) is 16.0 Å². The van der Waals surface area contributed by atoms with Crippen molar-refractivity contribution in [1.29, 1.82) is 0 Å². The van der Waals surface area contributed by atoms with Gasteiger partial charge in [0.15, 0.2) is 0 Å². The fourth-order valence-electron chi connectivity index (χ4n) is 1.40. The molecule has 4 nitrogen and oxygen atoms in total. The minimum atomic E-state index is -0.210. The quantitative estimate of drug-likeness (QED) is 0.853. The van der Waals surface area contributed by atoms with Crippen molar-refractivity contribution < 1.29 is 9.21 Å². The van der Waals surface area contributed by atoms with E-state index in [0.717, 1.165) is 0 Å². The minimum Gasteiger partial charge on any atom is -0.467 e. The van der Waals surface area contributed by atoms with Crippen LogP contribution in [-0.2, 0) is 0 Å². The van der Waals surface area contributed by atoms with E-state index >= 15 is 0 Å². The molecule has 2 aromatic heterocycles. The summed E-state index contributed by atoms with van der Waals surface area (Å²) in [5.74, 6) is 0.498. The number of furan rings is 1. The molecule has 0 spiro atoms. The Morgan fingerprint density at radius 2 is 2.29 bits per heavy atom. The molecule has 1 amide bonds. The molecule has 0 bridgehead atoms. The lowest BCUT2D eigenvalue weighted by Crippen LogP contribution is -2.26. The minimum absolute atomic E-state index is 0.187. The highest BCUT2D eigenvalue weighted by molar-refractivity contribution is 6.29. The Labute approximate surface area is 104 Å². The molecule has 2 aromatic rings. The molecule has 0 aliphatic carbocycles. The topological polar surface area (TPSA) is 55.1 Å². The van der Waals surface area contributed by atoms with Gasteiger partial charge in [0.05, 0.1) is 17.9 Å². The largest absolute Gasteiger partial charge is 0.467 e. The van der Waals surface area contributed by atoms with Crippen LogP contribution in [0, 0.1) is 0 Å². The van der Waals surface area contributed by atoms with Crippen molar-refractivity contribution in [3.05, 3.63) is 53.2 Å². The molecule has 2 rings (SSSR count). The molecular formula is C12H11ClN2O2. The SMILES string of the molecule is C[C@H](NC(=O)c1ccc(Cl)nc1)c1ccco1. The fraction of sp³-hybridized carbons (Fsp3) is 0.167. The van der Waals surface area contributed by atoms with Crippen molar-refractivity contribution in [2.45, 2.75) is 13.0 Å². The van der Waals surface area contributed by atoms with Crippen molar-refractivity contribution in [3.63, 3.8) is 0 Å². The number of pyridine rings is 1. The van der Waals surface area contributed by atoms with Crippen LogP contribution in [0.4, 0.5) is 0 Å². The summed E-state index contributed by atoms with van der Waals surface area (Å²) in [6.45, 7) is 1.85. The molecular weight excluding hydrogens is 240 g/mol. The van der Waals surface area contributed by atoms with Crippen LogP contribution in [0.1, 0.15) is 29.1 Å². The van der Waals surface area contributed by atoms with E-state index < -0.39 is 0 Å². The highest BCUT2D eigenvalue weighted by Gasteiger charge is 2.13. The van der Waals surface area contributed by atoms with E-state index in [1.807, 2.05) is 13.0 Å². The predicted molar refractivity (Wildman–Crippen MR) is 63.8 cm³/mol. The molecule has 5 heteroatoms. The smallest absolute Gasteiger partial charge is 0.253 e. The molecule has 0 saturated heterocycles. The van der Waals surface area contributed by atoms with Gasteiger partial charge in [0, 0.05) is 6.20 Å². The average molecular weight is 251 g/mol. The number of halogens is 1. The third-order valence-corrected chi connectivity index (χ3v) is 2.53. The molecule has 17 heavy (non-hydrogen) atoms. The summed E-state index contributed by atoms with van der Waals surface area (Å²) in [4.78, 5) is 15.7. The first-order chi connectivity index (χ1) is 8.16. The molecule has 0 aromatic carbocycles.